The predicted octanol–water partition coefficient (Wildman–Crippen LogP) is 2.10. The molecule has 35 heavy (non-hydrogen) atoms. The van der Waals surface area contributed by atoms with Gasteiger partial charge in [-0.3, -0.25) is 14.4 Å². The van der Waals surface area contributed by atoms with Crippen LogP contribution in [0.15, 0.2) is 23.3 Å². The molecule has 8 nitrogen and oxygen atoms in total. The fraction of sp³-hybridized carbons (Fsp3) is 0.741. The summed E-state index contributed by atoms with van der Waals surface area (Å²) in [7, 11) is 0. The first-order valence-corrected chi connectivity index (χ1v) is 12.5. The van der Waals surface area contributed by atoms with Crippen LogP contribution >= 0.6 is 0 Å². The van der Waals surface area contributed by atoms with E-state index in [1.807, 2.05) is 20.8 Å². The van der Waals surface area contributed by atoms with Crippen LogP contribution in [0.3, 0.4) is 0 Å². The molecule has 0 amide bonds. The fourth-order valence-corrected chi connectivity index (χ4v) is 7.44. The number of esters is 2. The van der Waals surface area contributed by atoms with Crippen molar-refractivity contribution < 1.29 is 39.2 Å². The van der Waals surface area contributed by atoms with Gasteiger partial charge >= 0.3 is 11.9 Å². The minimum atomic E-state index is -1.93. The molecule has 0 spiro atoms. The van der Waals surface area contributed by atoms with Crippen molar-refractivity contribution in [3.8, 4) is 0 Å². The van der Waals surface area contributed by atoms with Crippen molar-refractivity contribution in [2.24, 2.45) is 35.0 Å². The van der Waals surface area contributed by atoms with Crippen molar-refractivity contribution in [2.75, 3.05) is 6.61 Å². The number of ketones is 1. The molecule has 2 saturated carbocycles. The third kappa shape index (κ3) is 3.18. The van der Waals surface area contributed by atoms with Crippen LogP contribution in [0.5, 0.6) is 0 Å². The molecule has 0 saturated heterocycles. The zero-order chi connectivity index (χ0) is 26.3. The summed E-state index contributed by atoms with van der Waals surface area (Å²) in [4.78, 5) is 38.4. The minimum absolute atomic E-state index is 0.114. The Balaban J connectivity index is 1.94. The lowest BCUT2D eigenvalue weighted by Crippen LogP contribution is -2.66. The highest BCUT2D eigenvalue weighted by Crippen LogP contribution is 2.77. The van der Waals surface area contributed by atoms with E-state index in [9.17, 15) is 29.7 Å². The second kappa shape index (κ2) is 7.98. The first-order chi connectivity index (χ1) is 16.1. The number of rotatable bonds is 5. The molecule has 0 bridgehead atoms. The molecule has 4 aliphatic carbocycles. The molecule has 0 aromatic rings. The second-order valence-electron chi connectivity index (χ2n) is 11.7. The summed E-state index contributed by atoms with van der Waals surface area (Å²) in [6.45, 7) is 11.7. The van der Waals surface area contributed by atoms with Crippen molar-refractivity contribution in [1.82, 2.24) is 0 Å². The lowest BCUT2D eigenvalue weighted by atomic mass is 9.59. The third-order valence-corrected chi connectivity index (χ3v) is 9.54. The summed E-state index contributed by atoms with van der Waals surface area (Å²) in [5.74, 6) is -4.75. The van der Waals surface area contributed by atoms with Crippen LogP contribution in [0.25, 0.3) is 0 Å². The van der Waals surface area contributed by atoms with Gasteiger partial charge in [0.2, 0.25) is 0 Å². The quantitative estimate of drug-likeness (QED) is 0.395. The second-order valence-corrected chi connectivity index (χ2v) is 11.7. The Hall–Kier alpha value is -2.03. The van der Waals surface area contributed by atoms with E-state index < -0.39 is 69.7 Å². The van der Waals surface area contributed by atoms with Crippen molar-refractivity contribution >= 4 is 17.7 Å². The van der Waals surface area contributed by atoms with Crippen LogP contribution in [-0.4, -0.2) is 62.6 Å². The van der Waals surface area contributed by atoms with Gasteiger partial charge in [0.15, 0.2) is 11.4 Å². The van der Waals surface area contributed by atoms with Gasteiger partial charge in [0.25, 0.3) is 0 Å². The maximum atomic E-state index is 13.1. The van der Waals surface area contributed by atoms with E-state index in [2.05, 4.69) is 0 Å². The highest BCUT2D eigenvalue weighted by Gasteiger charge is 2.88. The maximum absolute atomic E-state index is 13.1. The van der Waals surface area contributed by atoms with Crippen molar-refractivity contribution in [2.45, 2.75) is 84.2 Å². The normalized spacial score (nSPS) is 44.1. The SMILES string of the molecule is CCC(C)C(=O)OC12C(OC(C)=O)C(C)C3(O)C(C=C(CO)CC4(O)C(=O)C(C)=CC43)C1C2(C)C. The molecule has 0 radical (unpaired) electrons. The zero-order valence-corrected chi connectivity index (χ0v) is 21.6. The van der Waals surface area contributed by atoms with Crippen LogP contribution in [0.4, 0.5) is 0 Å². The van der Waals surface area contributed by atoms with E-state index in [0.29, 0.717) is 17.6 Å². The lowest BCUT2D eigenvalue weighted by molar-refractivity contribution is -0.229. The molecule has 9 unspecified atom stereocenters. The number of carbonyl (C=O) groups is 3. The van der Waals surface area contributed by atoms with Crippen LogP contribution in [0, 0.1) is 35.0 Å². The average Bonchev–Trinajstić information content (AvgIpc) is 3.21. The average molecular weight is 491 g/mol. The van der Waals surface area contributed by atoms with Gasteiger partial charge in [0, 0.05) is 42.4 Å². The zero-order valence-electron chi connectivity index (χ0n) is 21.6. The van der Waals surface area contributed by atoms with Gasteiger partial charge in [-0.25, -0.2) is 0 Å². The van der Waals surface area contributed by atoms with Crippen molar-refractivity contribution in [1.29, 1.82) is 0 Å². The largest absolute Gasteiger partial charge is 0.458 e. The van der Waals surface area contributed by atoms with E-state index >= 15 is 0 Å². The van der Waals surface area contributed by atoms with Gasteiger partial charge in [-0.1, -0.05) is 46.8 Å². The van der Waals surface area contributed by atoms with Crippen molar-refractivity contribution in [3.63, 3.8) is 0 Å². The van der Waals surface area contributed by atoms with Gasteiger partial charge in [0.1, 0.15) is 11.7 Å². The Morgan fingerprint density at radius 2 is 1.86 bits per heavy atom. The van der Waals surface area contributed by atoms with Gasteiger partial charge in [-0.05, 0) is 24.5 Å². The van der Waals surface area contributed by atoms with Gasteiger partial charge in [0.05, 0.1) is 18.1 Å². The predicted molar refractivity (Wildman–Crippen MR) is 126 cm³/mol. The topological polar surface area (TPSA) is 130 Å². The van der Waals surface area contributed by atoms with Gasteiger partial charge in [-0.2, -0.15) is 0 Å². The van der Waals surface area contributed by atoms with Crippen LogP contribution in [0.2, 0.25) is 0 Å². The minimum Gasteiger partial charge on any atom is -0.458 e. The molecule has 2 fully saturated rings. The third-order valence-electron chi connectivity index (χ3n) is 9.54. The number of fused-ring (bicyclic) bond motifs is 5. The Labute approximate surface area is 206 Å². The standard InChI is InChI=1S/C27H38O8/c1-8-13(2)23(31)35-27-20(24(27,6)7)18-10-17(12-28)11-25(32)19(9-14(3)21(25)30)26(18,33)15(4)22(27)34-16(5)29/h9-10,13,15,18-20,22,28,32-33H,8,11-12H2,1-7H3. The number of aliphatic hydroxyl groups is 3. The Morgan fingerprint density at radius 3 is 2.40 bits per heavy atom. The number of aliphatic hydroxyl groups excluding tert-OH is 1. The summed E-state index contributed by atoms with van der Waals surface area (Å²) in [6.07, 6.45) is 2.83. The molecule has 4 aliphatic rings. The molecular weight excluding hydrogens is 452 g/mol. The van der Waals surface area contributed by atoms with Crippen LogP contribution < -0.4 is 0 Å². The van der Waals surface area contributed by atoms with E-state index in [1.165, 1.54) is 6.92 Å². The molecular formula is C27H38O8. The number of hydrogen-bond acceptors (Lipinski definition) is 8. The Bertz CT molecular complexity index is 1030. The molecule has 9 atom stereocenters. The number of Topliss-reactive ketones (excluding diaryl/α,β-unsaturated/α-hetero) is 1. The van der Waals surface area contributed by atoms with E-state index in [-0.39, 0.29) is 18.9 Å². The first kappa shape index (κ1) is 26.0. The van der Waals surface area contributed by atoms with Gasteiger partial charge < -0.3 is 24.8 Å². The molecule has 8 heteroatoms. The molecule has 3 N–H and O–H groups in total. The molecule has 4 rings (SSSR count). The fourth-order valence-electron chi connectivity index (χ4n) is 7.44. The van der Waals surface area contributed by atoms with Crippen LogP contribution in [-0.2, 0) is 23.9 Å². The van der Waals surface area contributed by atoms with E-state index in [0.717, 1.165) is 0 Å². The number of ether oxygens (including phenoxy) is 2. The Morgan fingerprint density at radius 1 is 1.23 bits per heavy atom. The van der Waals surface area contributed by atoms with Crippen molar-refractivity contribution in [3.05, 3.63) is 23.3 Å². The number of hydrogen-bond donors (Lipinski definition) is 3. The van der Waals surface area contributed by atoms with Crippen LogP contribution in [0.1, 0.15) is 61.3 Å². The summed E-state index contributed by atoms with van der Waals surface area (Å²) < 4.78 is 12.0. The molecule has 0 aromatic carbocycles. The number of carbonyl (C=O) groups excluding carboxylic acids is 3. The molecule has 0 aliphatic heterocycles. The summed E-state index contributed by atoms with van der Waals surface area (Å²) >= 11 is 0. The monoisotopic (exact) mass is 490 g/mol. The first-order valence-electron chi connectivity index (χ1n) is 12.5. The maximum Gasteiger partial charge on any atom is 0.309 e. The molecule has 0 aromatic heterocycles. The molecule has 194 valence electrons. The molecule has 0 heterocycles. The Kier molecular flexibility index (Phi) is 5.94. The highest BCUT2D eigenvalue weighted by molar-refractivity contribution is 6.04. The lowest BCUT2D eigenvalue weighted by Gasteiger charge is -2.53. The summed E-state index contributed by atoms with van der Waals surface area (Å²) in [6, 6.07) is 0. The van der Waals surface area contributed by atoms with Gasteiger partial charge in [-0.15, -0.1) is 0 Å². The summed E-state index contributed by atoms with van der Waals surface area (Å²) in [5.41, 5.74) is -4.74. The van der Waals surface area contributed by atoms with E-state index in [1.54, 1.807) is 32.9 Å². The van der Waals surface area contributed by atoms with E-state index in [4.69, 9.17) is 9.47 Å². The highest BCUT2D eigenvalue weighted by atomic mass is 16.6. The smallest absolute Gasteiger partial charge is 0.309 e. The summed E-state index contributed by atoms with van der Waals surface area (Å²) in [5, 5.41) is 34.3.